The predicted octanol–water partition coefficient (Wildman–Crippen LogP) is 3.90. The Hall–Kier alpha value is -0.690. The molecule has 5 heteroatoms. The van der Waals surface area contributed by atoms with E-state index in [0.717, 1.165) is 19.5 Å². The van der Waals surface area contributed by atoms with E-state index in [-0.39, 0.29) is 0 Å². The zero-order valence-corrected chi connectivity index (χ0v) is 12.3. The van der Waals surface area contributed by atoms with Crippen LogP contribution >= 0.6 is 38.5 Å². The van der Waals surface area contributed by atoms with E-state index in [4.69, 9.17) is 0 Å². The molecule has 0 aliphatic carbocycles. The van der Waals surface area contributed by atoms with Crippen LogP contribution < -0.4 is 5.32 Å². The van der Waals surface area contributed by atoms with Gasteiger partial charge in [-0.15, -0.1) is 0 Å². The first-order valence-electron chi connectivity index (χ1n) is 4.65. The minimum atomic E-state index is 0.820. The molecule has 1 heterocycles. The number of nitrogens with zero attached hydrogens (tertiary/aromatic N) is 2. The number of aromatic nitrogens is 2. The maximum Gasteiger partial charge on any atom is 0.147 e. The van der Waals surface area contributed by atoms with Gasteiger partial charge in [-0.25, -0.2) is 9.97 Å². The highest BCUT2D eigenvalue weighted by Gasteiger charge is 2.04. The summed E-state index contributed by atoms with van der Waals surface area (Å²) < 4.78 is 2.02. The van der Waals surface area contributed by atoms with Crippen molar-refractivity contribution in [2.45, 2.75) is 6.92 Å². The first-order valence-corrected chi connectivity index (χ1v) is 6.52. The van der Waals surface area contributed by atoms with Crippen LogP contribution in [0.1, 0.15) is 5.56 Å². The van der Waals surface area contributed by atoms with Gasteiger partial charge in [0.25, 0.3) is 0 Å². The van der Waals surface area contributed by atoms with Gasteiger partial charge in [-0.1, -0.05) is 6.07 Å². The monoisotopic (exact) mass is 389 g/mol. The van der Waals surface area contributed by atoms with Gasteiger partial charge in [0.05, 0.1) is 9.26 Å². The Bertz CT molecular complexity index is 516. The van der Waals surface area contributed by atoms with Gasteiger partial charge in [-0.05, 0) is 63.1 Å². The SMILES string of the molecule is Cc1ccc(Nc2ncncc2I)c(Br)c1. The van der Waals surface area contributed by atoms with Crippen LogP contribution in [-0.2, 0) is 0 Å². The summed E-state index contributed by atoms with van der Waals surface area (Å²) in [5, 5.41) is 3.26. The van der Waals surface area contributed by atoms with Crippen LogP contribution in [0.5, 0.6) is 0 Å². The number of anilines is 2. The number of halogens is 2. The normalized spacial score (nSPS) is 10.2. The van der Waals surface area contributed by atoms with Crippen LogP contribution in [0.3, 0.4) is 0 Å². The largest absolute Gasteiger partial charge is 0.338 e. The molecule has 1 N–H and O–H groups in total. The molecule has 0 aliphatic heterocycles. The summed E-state index contributed by atoms with van der Waals surface area (Å²) in [7, 11) is 0. The summed E-state index contributed by atoms with van der Waals surface area (Å²) >= 11 is 5.72. The molecule has 3 nitrogen and oxygen atoms in total. The van der Waals surface area contributed by atoms with Crippen LogP contribution in [0.15, 0.2) is 35.2 Å². The lowest BCUT2D eigenvalue weighted by atomic mass is 10.2. The highest BCUT2D eigenvalue weighted by molar-refractivity contribution is 14.1. The molecule has 0 atom stereocenters. The van der Waals surface area contributed by atoms with Gasteiger partial charge in [0.1, 0.15) is 12.1 Å². The molecule has 0 radical (unpaired) electrons. The van der Waals surface area contributed by atoms with Gasteiger partial charge < -0.3 is 5.32 Å². The number of rotatable bonds is 2. The molecule has 0 bridgehead atoms. The van der Waals surface area contributed by atoms with E-state index in [0.29, 0.717) is 0 Å². The Kier molecular flexibility index (Phi) is 3.75. The highest BCUT2D eigenvalue weighted by Crippen LogP contribution is 2.27. The Labute approximate surface area is 116 Å². The van der Waals surface area contributed by atoms with E-state index in [1.165, 1.54) is 11.9 Å². The van der Waals surface area contributed by atoms with Gasteiger partial charge in [-0.2, -0.15) is 0 Å². The molecule has 0 amide bonds. The molecular weight excluding hydrogens is 381 g/mol. The van der Waals surface area contributed by atoms with Crippen molar-refractivity contribution in [1.82, 2.24) is 9.97 Å². The topological polar surface area (TPSA) is 37.8 Å². The summed E-state index contributed by atoms with van der Waals surface area (Å²) in [6.07, 6.45) is 3.31. The van der Waals surface area contributed by atoms with Crippen LogP contribution in [0.2, 0.25) is 0 Å². The average molecular weight is 390 g/mol. The summed E-state index contributed by atoms with van der Waals surface area (Å²) in [5.41, 5.74) is 2.22. The molecule has 0 saturated heterocycles. The van der Waals surface area contributed by atoms with Crippen LogP contribution in [0.25, 0.3) is 0 Å². The van der Waals surface area contributed by atoms with Gasteiger partial charge in [-0.3, -0.25) is 0 Å². The minimum Gasteiger partial charge on any atom is -0.338 e. The van der Waals surface area contributed by atoms with E-state index >= 15 is 0 Å². The van der Waals surface area contributed by atoms with Gasteiger partial charge in [0, 0.05) is 10.7 Å². The molecule has 0 aliphatic rings. The first-order chi connectivity index (χ1) is 7.66. The predicted molar refractivity (Wildman–Crippen MR) is 76.9 cm³/mol. The Morgan fingerprint density at radius 2 is 2.19 bits per heavy atom. The fourth-order valence-electron chi connectivity index (χ4n) is 1.25. The van der Waals surface area contributed by atoms with E-state index in [1.54, 1.807) is 6.20 Å². The number of aryl methyl sites for hydroxylation is 1. The van der Waals surface area contributed by atoms with Crippen molar-refractivity contribution in [3.05, 3.63) is 44.3 Å². The van der Waals surface area contributed by atoms with Crippen molar-refractivity contribution >= 4 is 50.0 Å². The fraction of sp³-hybridized carbons (Fsp3) is 0.0909. The number of hydrogen-bond acceptors (Lipinski definition) is 3. The summed E-state index contributed by atoms with van der Waals surface area (Å²) in [6.45, 7) is 2.06. The van der Waals surface area contributed by atoms with Crippen molar-refractivity contribution in [1.29, 1.82) is 0 Å². The zero-order valence-electron chi connectivity index (χ0n) is 8.54. The van der Waals surface area contributed by atoms with E-state index in [9.17, 15) is 0 Å². The molecule has 0 spiro atoms. The quantitative estimate of drug-likeness (QED) is 0.791. The summed E-state index contributed by atoms with van der Waals surface area (Å²) in [5.74, 6) is 0.820. The smallest absolute Gasteiger partial charge is 0.147 e. The van der Waals surface area contributed by atoms with Crippen molar-refractivity contribution in [3.8, 4) is 0 Å². The molecule has 1 aromatic carbocycles. The lowest BCUT2D eigenvalue weighted by Crippen LogP contribution is -1.97. The van der Waals surface area contributed by atoms with E-state index in [1.807, 2.05) is 6.07 Å². The van der Waals surface area contributed by atoms with Crippen LogP contribution in [0, 0.1) is 10.5 Å². The maximum atomic E-state index is 4.19. The lowest BCUT2D eigenvalue weighted by Gasteiger charge is -2.09. The number of nitrogens with one attached hydrogen (secondary N) is 1. The minimum absolute atomic E-state index is 0.820. The summed E-state index contributed by atoms with van der Waals surface area (Å²) in [6, 6.07) is 6.15. The van der Waals surface area contributed by atoms with Gasteiger partial charge in [0.15, 0.2) is 0 Å². The lowest BCUT2D eigenvalue weighted by molar-refractivity contribution is 1.15. The molecule has 82 valence electrons. The summed E-state index contributed by atoms with van der Waals surface area (Å²) in [4.78, 5) is 8.14. The van der Waals surface area contributed by atoms with E-state index in [2.05, 4.69) is 72.9 Å². The van der Waals surface area contributed by atoms with E-state index < -0.39 is 0 Å². The second kappa shape index (κ2) is 5.09. The number of benzene rings is 1. The number of hydrogen-bond donors (Lipinski definition) is 1. The Balaban J connectivity index is 2.31. The molecular formula is C11H9BrIN3. The third-order valence-electron chi connectivity index (χ3n) is 2.05. The maximum absolute atomic E-state index is 4.19. The second-order valence-corrected chi connectivity index (χ2v) is 5.34. The molecule has 1 aromatic heterocycles. The second-order valence-electron chi connectivity index (χ2n) is 3.33. The molecule has 16 heavy (non-hydrogen) atoms. The van der Waals surface area contributed by atoms with Gasteiger partial charge >= 0.3 is 0 Å². The third kappa shape index (κ3) is 2.70. The molecule has 0 saturated carbocycles. The van der Waals surface area contributed by atoms with Crippen LogP contribution in [0.4, 0.5) is 11.5 Å². The Morgan fingerprint density at radius 3 is 2.88 bits per heavy atom. The molecule has 0 unspecified atom stereocenters. The third-order valence-corrected chi connectivity index (χ3v) is 3.49. The Morgan fingerprint density at radius 1 is 1.38 bits per heavy atom. The average Bonchev–Trinajstić information content (AvgIpc) is 2.25. The molecule has 0 fully saturated rings. The van der Waals surface area contributed by atoms with Crippen molar-refractivity contribution in [2.24, 2.45) is 0 Å². The highest BCUT2D eigenvalue weighted by atomic mass is 127. The van der Waals surface area contributed by atoms with Crippen molar-refractivity contribution in [3.63, 3.8) is 0 Å². The van der Waals surface area contributed by atoms with Gasteiger partial charge in [0.2, 0.25) is 0 Å². The van der Waals surface area contributed by atoms with Crippen molar-refractivity contribution < 1.29 is 0 Å². The van der Waals surface area contributed by atoms with Crippen LogP contribution in [-0.4, -0.2) is 9.97 Å². The van der Waals surface area contributed by atoms with Crippen molar-refractivity contribution in [2.75, 3.05) is 5.32 Å². The standard InChI is InChI=1S/C11H9BrIN3/c1-7-2-3-10(8(12)4-7)16-11-9(13)5-14-6-15-11/h2-6H,1H3,(H,14,15,16). The first kappa shape index (κ1) is 11.8. The molecule has 2 aromatic rings. The zero-order chi connectivity index (χ0) is 11.5. The molecule has 2 rings (SSSR count). The fourth-order valence-corrected chi connectivity index (χ4v) is 2.28.